The van der Waals surface area contributed by atoms with Gasteiger partial charge in [-0.05, 0) is 47.2 Å². The number of anilines is 1. The molecule has 12 heteroatoms. The van der Waals surface area contributed by atoms with Crippen molar-refractivity contribution in [3.63, 3.8) is 0 Å². The largest absolute Gasteiger partial charge is 0.469 e. The van der Waals surface area contributed by atoms with Gasteiger partial charge in [-0.1, -0.05) is 26.6 Å². The molecular weight excluding hydrogens is 577 g/mol. The topological polar surface area (TPSA) is 94.5 Å². The van der Waals surface area contributed by atoms with E-state index < -0.39 is 42.9 Å². The number of amides is 2. The van der Waals surface area contributed by atoms with Crippen molar-refractivity contribution in [1.82, 2.24) is 15.1 Å². The number of halogens is 3. The summed E-state index contributed by atoms with van der Waals surface area (Å²) in [5.74, 6) is -2.37. The third-order valence-corrected chi connectivity index (χ3v) is 7.61. The van der Waals surface area contributed by atoms with E-state index in [9.17, 15) is 18.4 Å². The molecule has 0 aliphatic carbocycles. The normalized spacial score (nSPS) is 13.3. The molecule has 2 N–H and O–H groups in total. The summed E-state index contributed by atoms with van der Waals surface area (Å²) < 4.78 is 40.9. The molecular formula is C22H31F2IN4O4Si. The van der Waals surface area contributed by atoms with Crippen LogP contribution in [0.5, 0.6) is 0 Å². The Hall–Kier alpha value is -2.06. The Kier molecular flexibility index (Phi) is 10.00. The zero-order valence-electron chi connectivity index (χ0n) is 20.0. The fourth-order valence-electron chi connectivity index (χ4n) is 3.20. The van der Waals surface area contributed by atoms with E-state index in [1.54, 1.807) is 40.4 Å². The van der Waals surface area contributed by atoms with Crippen molar-refractivity contribution in [3.8, 4) is 0 Å². The molecule has 188 valence electrons. The molecule has 0 spiro atoms. The Labute approximate surface area is 212 Å². The number of carbonyl (C=O) groups excluding carboxylic acids is 2. The Balaban J connectivity index is 2.22. The van der Waals surface area contributed by atoms with Crippen LogP contribution in [0.15, 0.2) is 24.5 Å². The van der Waals surface area contributed by atoms with Crippen molar-refractivity contribution in [2.75, 3.05) is 19.0 Å². The van der Waals surface area contributed by atoms with Crippen LogP contribution in [0.25, 0.3) is 0 Å². The molecule has 0 radical (unpaired) electrons. The van der Waals surface area contributed by atoms with Gasteiger partial charge in [-0.15, -0.1) is 0 Å². The van der Waals surface area contributed by atoms with E-state index in [1.807, 2.05) is 0 Å². The minimum atomic E-state index is -1.22. The number of ether oxygens (including phenoxy) is 2. The van der Waals surface area contributed by atoms with E-state index in [0.717, 1.165) is 18.2 Å². The molecule has 1 atom stereocenters. The highest BCUT2D eigenvalue weighted by Crippen LogP contribution is 2.30. The van der Waals surface area contributed by atoms with Gasteiger partial charge in [-0.3, -0.25) is 4.79 Å². The lowest BCUT2D eigenvalue weighted by Gasteiger charge is -2.32. The van der Waals surface area contributed by atoms with Crippen LogP contribution in [0.4, 0.5) is 19.3 Å². The number of hydrogen-bond donors (Lipinski definition) is 2. The number of aromatic nitrogens is 2. The van der Waals surface area contributed by atoms with Gasteiger partial charge < -0.3 is 20.1 Å². The summed E-state index contributed by atoms with van der Waals surface area (Å²) in [6, 6.07) is 2.35. The maximum Gasteiger partial charge on any atom is 0.320 e. The Morgan fingerprint density at radius 1 is 1.24 bits per heavy atom. The SMILES string of the molecule is CC[C@@](CC(=O)OC)(NC(=O)Nc1c(F)cc(I)cc1F)c1cnn(COCC[Si](C)(C)C)c1. The molecule has 0 unspecified atom stereocenters. The minimum Gasteiger partial charge on any atom is -0.469 e. The van der Waals surface area contributed by atoms with Crippen molar-refractivity contribution >= 4 is 48.4 Å². The van der Waals surface area contributed by atoms with Gasteiger partial charge in [0.15, 0.2) is 11.6 Å². The molecule has 8 nitrogen and oxygen atoms in total. The highest BCUT2D eigenvalue weighted by atomic mass is 127. The summed E-state index contributed by atoms with van der Waals surface area (Å²) in [5.41, 5.74) is -1.26. The lowest BCUT2D eigenvalue weighted by molar-refractivity contribution is -0.142. The summed E-state index contributed by atoms with van der Waals surface area (Å²) in [7, 11) is 0.0201. The number of methoxy groups -OCH3 is 1. The number of rotatable bonds is 11. The third-order valence-electron chi connectivity index (χ3n) is 5.28. The number of urea groups is 1. The molecule has 34 heavy (non-hydrogen) atoms. The van der Waals surface area contributed by atoms with E-state index in [-0.39, 0.29) is 19.6 Å². The van der Waals surface area contributed by atoms with E-state index in [1.165, 1.54) is 13.3 Å². The quantitative estimate of drug-likeness (QED) is 0.161. The third kappa shape index (κ3) is 8.01. The zero-order chi connectivity index (χ0) is 25.5. The number of benzene rings is 1. The first-order valence-corrected chi connectivity index (χ1v) is 15.6. The molecule has 2 amide bonds. The van der Waals surface area contributed by atoms with Crippen LogP contribution in [-0.4, -0.2) is 43.6 Å². The molecule has 1 aromatic carbocycles. The summed E-state index contributed by atoms with van der Waals surface area (Å²) in [4.78, 5) is 25.0. The first-order valence-electron chi connectivity index (χ1n) is 10.8. The number of carbonyl (C=O) groups is 2. The summed E-state index contributed by atoms with van der Waals surface area (Å²) in [6.07, 6.45) is 3.29. The molecule has 2 rings (SSSR count). The van der Waals surface area contributed by atoms with Crippen LogP contribution >= 0.6 is 22.6 Å². The number of nitrogens with zero attached hydrogens (tertiary/aromatic N) is 2. The van der Waals surface area contributed by atoms with Crippen molar-refractivity contribution in [2.45, 2.75) is 57.7 Å². The van der Waals surface area contributed by atoms with E-state index in [0.29, 0.717) is 15.7 Å². The van der Waals surface area contributed by atoms with Crippen LogP contribution in [-0.2, 0) is 26.5 Å². The molecule has 1 aromatic heterocycles. The molecule has 0 saturated carbocycles. The van der Waals surface area contributed by atoms with E-state index >= 15 is 0 Å². The Morgan fingerprint density at radius 3 is 2.44 bits per heavy atom. The van der Waals surface area contributed by atoms with Crippen LogP contribution < -0.4 is 10.6 Å². The van der Waals surface area contributed by atoms with Crippen LogP contribution in [0.2, 0.25) is 25.7 Å². The molecule has 0 aliphatic heterocycles. The van der Waals surface area contributed by atoms with Crippen molar-refractivity contribution < 1.29 is 27.8 Å². The van der Waals surface area contributed by atoms with E-state index in [2.05, 4.69) is 35.4 Å². The van der Waals surface area contributed by atoms with Gasteiger partial charge in [-0.25, -0.2) is 18.3 Å². The van der Waals surface area contributed by atoms with Crippen molar-refractivity contribution in [3.05, 3.63) is 45.3 Å². The first-order chi connectivity index (χ1) is 15.9. The average Bonchev–Trinajstić information content (AvgIpc) is 3.22. The zero-order valence-corrected chi connectivity index (χ0v) is 23.2. The fraction of sp³-hybridized carbons (Fsp3) is 0.500. The maximum absolute atomic E-state index is 14.2. The van der Waals surface area contributed by atoms with Gasteiger partial charge in [0, 0.05) is 30.0 Å². The number of hydrogen-bond acceptors (Lipinski definition) is 5. The predicted molar refractivity (Wildman–Crippen MR) is 136 cm³/mol. The minimum absolute atomic E-state index is 0.201. The predicted octanol–water partition coefficient (Wildman–Crippen LogP) is 5.07. The maximum atomic E-state index is 14.2. The summed E-state index contributed by atoms with van der Waals surface area (Å²) >= 11 is 1.78. The monoisotopic (exact) mass is 608 g/mol. The van der Waals surface area contributed by atoms with Gasteiger partial charge in [0.1, 0.15) is 12.4 Å². The van der Waals surface area contributed by atoms with Crippen LogP contribution in [0.3, 0.4) is 0 Å². The van der Waals surface area contributed by atoms with E-state index in [4.69, 9.17) is 9.47 Å². The molecule has 0 bridgehead atoms. The summed E-state index contributed by atoms with van der Waals surface area (Å²) in [5, 5.41) is 9.21. The molecule has 0 saturated heterocycles. The average molecular weight is 608 g/mol. The second-order valence-electron chi connectivity index (χ2n) is 9.13. The van der Waals surface area contributed by atoms with Gasteiger partial charge in [0.25, 0.3) is 0 Å². The van der Waals surface area contributed by atoms with Crippen molar-refractivity contribution in [1.29, 1.82) is 0 Å². The van der Waals surface area contributed by atoms with Gasteiger partial charge in [-0.2, -0.15) is 5.10 Å². The second kappa shape index (κ2) is 12.1. The standard InChI is InChI=1S/C22H31F2IN4O4Si/c1-6-22(11-19(30)32-2,15-12-26-29(13-15)14-33-7-8-34(3,4)5)28-21(31)27-20-17(23)9-16(25)10-18(20)24/h9-10,12-13H,6-8,11,14H2,1-5H3,(H2,27,28,31)/t22-/m0/s1. The lowest BCUT2D eigenvalue weighted by atomic mass is 9.86. The first kappa shape index (κ1) is 28.2. The van der Waals surface area contributed by atoms with Crippen LogP contribution in [0.1, 0.15) is 25.3 Å². The number of esters is 1. The molecule has 1 heterocycles. The molecule has 2 aromatic rings. The van der Waals surface area contributed by atoms with Crippen LogP contribution in [0, 0.1) is 15.2 Å². The van der Waals surface area contributed by atoms with Crippen molar-refractivity contribution in [2.24, 2.45) is 0 Å². The Bertz CT molecular complexity index is 992. The molecule has 0 aliphatic rings. The van der Waals surface area contributed by atoms with Gasteiger partial charge in [0.05, 0.1) is 25.3 Å². The Morgan fingerprint density at radius 2 is 1.88 bits per heavy atom. The lowest BCUT2D eigenvalue weighted by Crippen LogP contribution is -2.48. The van der Waals surface area contributed by atoms with Gasteiger partial charge >= 0.3 is 12.0 Å². The second-order valence-corrected chi connectivity index (χ2v) is 16.0. The fourth-order valence-corrected chi connectivity index (χ4v) is 4.50. The number of nitrogens with one attached hydrogen (secondary N) is 2. The highest BCUT2D eigenvalue weighted by Gasteiger charge is 2.37. The summed E-state index contributed by atoms with van der Waals surface area (Å²) in [6.45, 7) is 9.38. The van der Waals surface area contributed by atoms with Gasteiger partial charge in [0.2, 0.25) is 0 Å². The molecule has 0 fully saturated rings. The highest BCUT2D eigenvalue weighted by molar-refractivity contribution is 14.1. The smallest absolute Gasteiger partial charge is 0.320 e.